The summed E-state index contributed by atoms with van der Waals surface area (Å²) in [7, 11) is 1.53. The van der Waals surface area contributed by atoms with Crippen LogP contribution >= 0.6 is 0 Å². The van der Waals surface area contributed by atoms with Crippen molar-refractivity contribution in [3.8, 4) is 11.5 Å². The van der Waals surface area contributed by atoms with Crippen LogP contribution in [0, 0.1) is 0 Å². The fourth-order valence-corrected chi connectivity index (χ4v) is 1.69. The largest absolute Gasteiger partial charge is 0.506 e. The molecule has 1 aromatic carbocycles. The number of ether oxygens (including phenoxy) is 1. The topological polar surface area (TPSA) is 59.7 Å². The average Bonchev–Trinajstić information content (AvgIpc) is 2.38. The second kappa shape index (κ2) is 4.96. The van der Waals surface area contributed by atoms with Crippen LogP contribution in [-0.2, 0) is 0 Å². The van der Waals surface area contributed by atoms with Crippen molar-refractivity contribution in [3.63, 3.8) is 0 Å². The number of benzene rings is 1. The van der Waals surface area contributed by atoms with Gasteiger partial charge in [-0.3, -0.25) is 0 Å². The summed E-state index contributed by atoms with van der Waals surface area (Å²) in [5, 5.41) is 10.6. The fourth-order valence-electron chi connectivity index (χ4n) is 1.69. The quantitative estimate of drug-likeness (QED) is 0.846. The number of allylic oxidation sites excluding steroid dienone is 1. The second-order valence-electron chi connectivity index (χ2n) is 3.82. The van der Waals surface area contributed by atoms with Crippen molar-refractivity contribution in [3.05, 3.63) is 40.3 Å². The number of hydrogen-bond acceptors (Lipinski definition) is 4. The number of aromatic hydroxyl groups is 1. The zero-order valence-corrected chi connectivity index (χ0v) is 10.3. The summed E-state index contributed by atoms with van der Waals surface area (Å²) in [6, 6.07) is 4.94. The van der Waals surface area contributed by atoms with Gasteiger partial charge in [0, 0.05) is 6.07 Å². The Morgan fingerprint density at radius 2 is 2.22 bits per heavy atom. The molecule has 0 spiro atoms. The normalized spacial score (nSPS) is 11.2. The summed E-state index contributed by atoms with van der Waals surface area (Å²) in [5.41, 5.74) is -0.0713. The predicted octanol–water partition coefficient (Wildman–Crippen LogP) is 2.93. The van der Waals surface area contributed by atoms with E-state index in [4.69, 9.17) is 9.15 Å². The third kappa shape index (κ3) is 2.09. The van der Waals surface area contributed by atoms with Gasteiger partial charge in [0.15, 0.2) is 0 Å². The molecule has 18 heavy (non-hydrogen) atoms. The van der Waals surface area contributed by atoms with Crippen LogP contribution in [0.1, 0.15) is 18.9 Å². The molecule has 0 atom stereocenters. The molecular weight excluding hydrogens is 232 g/mol. The average molecular weight is 246 g/mol. The van der Waals surface area contributed by atoms with Gasteiger partial charge < -0.3 is 14.3 Å². The molecule has 0 saturated carbocycles. The Morgan fingerprint density at radius 3 is 2.89 bits per heavy atom. The van der Waals surface area contributed by atoms with Crippen LogP contribution in [-0.4, -0.2) is 12.2 Å². The molecule has 0 amide bonds. The smallest absolute Gasteiger partial charge is 0.347 e. The van der Waals surface area contributed by atoms with Crippen molar-refractivity contribution in [2.24, 2.45) is 0 Å². The van der Waals surface area contributed by atoms with E-state index < -0.39 is 5.63 Å². The molecule has 4 nitrogen and oxygen atoms in total. The van der Waals surface area contributed by atoms with Crippen LogP contribution in [0.15, 0.2) is 33.5 Å². The molecule has 0 aliphatic rings. The lowest BCUT2D eigenvalue weighted by atomic mass is 10.1. The van der Waals surface area contributed by atoms with Crippen molar-refractivity contribution in [2.75, 3.05) is 7.11 Å². The van der Waals surface area contributed by atoms with Gasteiger partial charge >= 0.3 is 5.63 Å². The minimum absolute atomic E-state index is 0.0615. The number of methoxy groups -OCH3 is 1. The molecule has 0 aliphatic heterocycles. The Balaban J connectivity index is 2.71. The SMILES string of the molecule is CCC=Cc1c(O)c2ccc(OC)cc2oc1=O. The Hall–Kier alpha value is -2.23. The van der Waals surface area contributed by atoms with Crippen LogP contribution in [0.3, 0.4) is 0 Å². The highest BCUT2D eigenvalue weighted by molar-refractivity contribution is 5.87. The number of fused-ring (bicyclic) bond motifs is 1. The highest BCUT2D eigenvalue weighted by Crippen LogP contribution is 2.29. The third-order valence-electron chi connectivity index (χ3n) is 2.64. The maximum Gasteiger partial charge on any atom is 0.347 e. The Kier molecular flexibility index (Phi) is 3.37. The zero-order valence-electron chi connectivity index (χ0n) is 10.3. The van der Waals surface area contributed by atoms with E-state index in [1.54, 1.807) is 30.4 Å². The maximum atomic E-state index is 11.7. The van der Waals surface area contributed by atoms with Crippen molar-refractivity contribution in [2.45, 2.75) is 13.3 Å². The van der Waals surface area contributed by atoms with Crippen molar-refractivity contribution in [1.29, 1.82) is 0 Å². The molecule has 2 aromatic rings. The van der Waals surface area contributed by atoms with Crippen LogP contribution in [0.2, 0.25) is 0 Å². The van der Waals surface area contributed by atoms with Gasteiger partial charge in [-0.15, -0.1) is 0 Å². The molecule has 0 fully saturated rings. The predicted molar refractivity (Wildman–Crippen MR) is 70.0 cm³/mol. The minimum atomic E-state index is -0.557. The minimum Gasteiger partial charge on any atom is -0.506 e. The van der Waals surface area contributed by atoms with Gasteiger partial charge in [-0.2, -0.15) is 0 Å². The first-order valence-electron chi connectivity index (χ1n) is 5.67. The summed E-state index contributed by atoms with van der Waals surface area (Å²) in [4.78, 5) is 11.7. The first-order valence-corrected chi connectivity index (χ1v) is 5.67. The van der Waals surface area contributed by atoms with Crippen LogP contribution in [0.25, 0.3) is 17.0 Å². The van der Waals surface area contributed by atoms with Gasteiger partial charge in [-0.25, -0.2) is 4.79 Å². The van der Waals surface area contributed by atoms with Gasteiger partial charge in [0.2, 0.25) is 0 Å². The maximum absolute atomic E-state index is 11.7. The molecule has 1 heterocycles. The molecule has 4 heteroatoms. The Bertz CT molecular complexity index is 653. The summed E-state index contributed by atoms with van der Waals surface area (Å²) in [5.74, 6) is 0.510. The van der Waals surface area contributed by atoms with Gasteiger partial charge in [0.05, 0.1) is 12.5 Å². The van der Waals surface area contributed by atoms with E-state index in [1.165, 1.54) is 7.11 Å². The fraction of sp³-hybridized carbons (Fsp3) is 0.214. The van der Waals surface area contributed by atoms with Gasteiger partial charge in [-0.05, 0) is 24.6 Å². The standard InChI is InChI=1S/C14H14O4/c1-3-4-5-11-13(15)10-7-6-9(17-2)8-12(10)18-14(11)16/h4-8,15H,3H2,1-2H3. The Morgan fingerprint density at radius 1 is 1.44 bits per heavy atom. The van der Waals surface area contributed by atoms with Gasteiger partial charge in [-0.1, -0.05) is 13.0 Å². The summed E-state index contributed by atoms with van der Waals surface area (Å²) < 4.78 is 10.2. The molecule has 0 aliphatic carbocycles. The monoisotopic (exact) mass is 246 g/mol. The summed E-state index contributed by atoms with van der Waals surface area (Å²) in [6.07, 6.45) is 4.14. The Labute approximate surface area is 104 Å². The van der Waals surface area contributed by atoms with E-state index in [1.807, 2.05) is 6.92 Å². The van der Waals surface area contributed by atoms with Gasteiger partial charge in [0.1, 0.15) is 22.6 Å². The lowest BCUT2D eigenvalue weighted by Crippen LogP contribution is -2.03. The molecule has 1 N–H and O–H groups in total. The van der Waals surface area contributed by atoms with Crippen LogP contribution < -0.4 is 10.4 Å². The van der Waals surface area contributed by atoms with Crippen LogP contribution in [0.5, 0.6) is 11.5 Å². The zero-order chi connectivity index (χ0) is 13.1. The summed E-state index contributed by atoms with van der Waals surface area (Å²) >= 11 is 0. The first-order chi connectivity index (χ1) is 8.67. The molecular formula is C14H14O4. The molecule has 94 valence electrons. The van der Waals surface area contributed by atoms with E-state index in [0.29, 0.717) is 16.7 Å². The van der Waals surface area contributed by atoms with E-state index >= 15 is 0 Å². The first kappa shape index (κ1) is 12.2. The molecule has 0 unspecified atom stereocenters. The molecule has 1 aromatic heterocycles. The van der Waals surface area contributed by atoms with E-state index in [9.17, 15) is 9.90 Å². The molecule has 0 bridgehead atoms. The van der Waals surface area contributed by atoms with Crippen molar-refractivity contribution >= 4 is 17.0 Å². The second-order valence-corrected chi connectivity index (χ2v) is 3.82. The van der Waals surface area contributed by atoms with Crippen molar-refractivity contribution < 1.29 is 14.3 Å². The van der Waals surface area contributed by atoms with Crippen molar-refractivity contribution in [1.82, 2.24) is 0 Å². The number of rotatable bonds is 3. The molecule has 0 saturated heterocycles. The third-order valence-corrected chi connectivity index (χ3v) is 2.64. The summed E-state index contributed by atoms with van der Waals surface area (Å²) in [6.45, 7) is 1.95. The van der Waals surface area contributed by atoms with Crippen LogP contribution in [0.4, 0.5) is 0 Å². The molecule has 0 radical (unpaired) electrons. The van der Waals surface area contributed by atoms with E-state index in [-0.39, 0.29) is 11.3 Å². The lowest BCUT2D eigenvalue weighted by molar-refractivity contribution is 0.413. The lowest BCUT2D eigenvalue weighted by Gasteiger charge is -2.05. The highest BCUT2D eigenvalue weighted by Gasteiger charge is 2.11. The van der Waals surface area contributed by atoms with E-state index in [0.717, 1.165) is 6.42 Å². The molecule has 2 rings (SSSR count). The number of hydrogen-bond donors (Lipinski definition) is 1. The van der Waals surface area contributed by atoms with Gasteiger partial charge in [0.25, 0.3) is 0 Å². The van der Waals surface area contributed by atoms with E-state index in [2.05, 4.69) is 0 Å². The highest BCUT2D eigenvalue weighted by atomic mass is 16.5.